The number of carbonyl (C=O) groups excluding carboxylic acids is 2. The number of carboxylic acids is 2. The van der Waals surface area contributed by atoms with E-state index in [2.05, 4.69) is 5.32 Å². The smallest absolute Gasteiger partial charge is 0.317 e. The van der Waals surface area contributed by atoms with Gasteiger partial charge in [-0.1, -0.05) is 0 Å². The van der Waals surface area contributed by atoms with Crippen molar-refractivity contribution in [1.29, 1.82) is 0 Å². The van der Waals surface area contributed by atoms with Crippen LogP contribution in [0, 0.1) is 0 Å². The Morgan fingerprint density at radius 1 is 0.613 bits per heavy atom. The number of carbonyl (C=O) groups is 4. The minimum Gasteiger partial charge on any atom is -0.480 e. The fourth-order valence-electron chi connectivity index (χ4n) is 3.15. The van der Waals surface area contributed by atoms with Crippen LogP contribution in [0.1, 0.15) is 27.7 Å². The molecule has 3 N–H and O–H groups in total. The van der Waals surface area contributed by atoms with E-state index >= 15 is 0 Å². The molecule has 0 fully saturated rings. The molecule has 0 aliphatic rings. The van der Waals surface area contributed by atoms with Gasteiger partial charge in [-0.15, -0.1) is 0 Å². The van der Waals surface area contributed by atoms with Crippen LogP contribution in [0.25, 0.3) is 0 Å². The summed E-state index contributed by atoms with van der Waals surface area (Å²) in [5.41, 5.74) is 0. The highest BCUT2D eigenvalue weighted by atomic mass is 16.4. The fraction of sp³-hybridized carbons (Fsp3) is 0.800. The van der Waals surface area contributed by atoms with Crippen molar-refractivity contribution in [2.75, 3.05) is 78.5 Å². The molecule has 11 nitrogen and oxygen atoms in total. The second kappa shape index (κ2) is 16.5. The average molecular weight is 446 g/mol. The van der Waals surface area contributed by atoms with E-state index in [-0.39, 0.29) is 38.0 Å². The lowest BCUT2D eigenvalue weighted by atomic mass is 10.3. The summed E-state index contributed by atoms with van der Waals surface area (Å²) in [6.07, 6.45) is 0. The van der Waals surface area contributed by atoms with Crippen LogP contribution in [-0.2, 0) is 19.2 Å². The van der Waals surface area contributed by atoms with Crippen molar-refractivity contribution in [3.63, 3.8) is 0 Å². The Bertz CT molecular complexity index is 518. The molecule has 0 aromatic rings. The van der Waals surface area contributed by atoms with Crippen molar-refractivity contribution in [1.82, 2.24) is 24.9 Å². The highest BCUT2D eigenvalue weighted by Gasteiger charge is 2.18. The Morgan fingerprint density at radius 3 is 1.19 bits per heavy atom. The Labute approximate surface area is 184 Å². The zero-order valence-electron chi connectivity index (χ0n) is 19.3. The Balaban J connectivity index is 4.59. The number of aliphatic carboxylic acids is 2. The first kappa shape index (κ1) is 28.8. The van der Waals surface area contributed by atoms with E-state index in [1.54, 1.807) is 19.6 Å². The summed E-state index contributed by atoms with van der Waals surface area (Å²) in [5, 5.41) is 21.3. The number of carboxylic acid groups (broad SMARTS) is 2. The van der Waals surface area contributed by atoms with Gasteiger partial charge in [0.25, 0.3) is 0 Å². The van der Waals surface area contributed by atoms with Gasteiger partial charge in [-0.25, -0.2) is 0 Å². The van der Waals surface area contributed by atoms with Crippen LogP contribution < -0.4 is 5.32 Å². The maximum atomic E-state index is 12.3. The molecule has 0 radical (unpaired) electrons. The Morgan fingerprint density at radius 2 is 0.935 bits per heavy atom. The third-order valence-corrected chi connectivity index (χ3v) is 4.88. The van der Waals surface area contributed by atoms with E-state index in [1.165, 1.54) is 0 Å². The first-order valence-corrected chi connectivity index (χ1v) is 10.8. The number of amides is 2. The van der Waals surface area contributed by atoms with Gasteiger partial charge in [-0.3, -0.25) is 29.0 Å². The summed E-state index contributed by atoms with van der Waals surface area (Å²) in [5.74, 6) is -2.24. The van der Waals surface area contributed by atoms with Gasteiger partial charge in [-0.2, -0.15) is 0 Å². The van der Waals surface area contributed by atoms with E-state index in [1.807, 2.05) is 27.7 Å². The summed E-state index contributed by atoms with van der Waals surface area (Å²) in [7, 11) is 0. The summed E-state index contributed by atoms with van der Waals surface area (Å²) in [6, 6.07) is 0. The van der Waals surface area contributed by atoms with Crippen molar-refractivity contribution < 1.29 is 29.4 Å². The average Bonchev–Trinajstić information content (AvgIpc) is 2.68. The minimum atomic E-state index is -1.00. The molecule has 0 saturated heterocycles. The lowest BCUT2D eigenvalue weighted by molar-refractivity contribution is -0.141. The van der Waals surface area contributed by atoms with Gasteiger partial charge < -0.3 is 25.3 Å². The fourth-order valence-corrected chi connectivity index (χ4v) is 3.15. The number of nitrogens with zero attached hydrogens (tertiary/aromatic N) is 4. The van der Waals surface area contributed by atoms with Gasteiger partial charge in [0.2, 0.25) is 11.8 Å². The molecule has 0 saturated carbocycles. The molecule has 0 aromatic heterocycles. The number of rotatable bonds is 18. The first-order valence-electron chi connectivity index (χ1n) is 10.8. The number of nitrogens with one attached hydrogen (secondary N) is 1. The SMILES string of the molecule is CCN(CC)C(=O)CN(CCNCCN(CC(=O)O)CC(=O)N(CC)CC)CC(=O)O. The molecule has 0 rings (SSSR count). The van der Waals surface area contributed by atoms with Crippen LogP contribution in [0.4, 0.5) is 0 Å². The molecule has 0 aromatic carbocycles. The van der Waals surface area contributed by atoms with Crippen LogP contribution in [0.2, 0.25) is 0 Å². The molecule has 0 spiro atoms. The molecule has 0 atom stereocenters. The maximum absolute atomic E-state index is 12.3. The van der Waals surface area contributed by atoms with Gasteiger partial charge in [0.05, 0.1) is 26.2 Å². The monoisotopic (exact) mass is 445 g/mol. The standard InChI is InChI=1S/C20H39N5O6/c1-5-24(6-2)17(26)13-22(15-19(28)29)11-9-21-10-12-23(16-20(30)31)14-18(27)25(7-3)8-4/h21H,5-16H2,1-4H3,(H,28,29)(H,30,31). The van der Waals surface area contributed by atoms with Crippen LogP contribution in [-0.4, -0.2) is 132 Å². The van der Waals surface area contributed by atoms with Gasteiger partial charge in [0, 0.05) is 52.4 Å². The molecule has 0 unspecified atom stereocenters. The van der Waals surface area contributed by atoms with Crippen LogP contribution >= 0.6 is 0 Å². The topological polar surface area (TPSA) is 134 Å². The molecular weight excluding hydrogens is 406 g/mol. The van der Waals surface area contributed by atoms with Gasteiger partial charge in [0.1, 0.15) is 0 Å². The first-order chi connectivity index (χ1) is 14.7. The van der Waals surface area contributed by atoms with Gasteiger partial charge >= 0.3 is 11.9 Å². The molecule has 0 aliphatic carbocycles. The molecule has 180 valence electrons. The predicted octanol–water partition coefficient (Wildman–Crippen LogP) is -0.914. The summed E-state index contributed by atoms with van der Waals surface area (Å²) >= 11 is 0. The van der Waals surface area contributed by atoms with Crippen LogP contribution in [0.5, 0.6) is 0 Å². The van der Waals surface area contributed by atoms with Crippen molar-refractivity contribution >= 4 is 23.8 Å². The predicted molar refractivity (Wildman–Crippen MR) is 117 cm³/mol. The molecule has 2 amide bonds. The third-order valence-electron chi connectivity index (χ3n) is 4.88. The lowest BCUT2D eigenvalue weighted by Crippen LogP contribution is -2.46. The van der Waals surface area contributed by atoms with E-state index in [0.717, 1.165) is 0 Å². The Hall–Kier alpha value is -2.24. The molecule has 0 bridgehead atoms. The molecule has 11 heteroatoms. The quantitative estimate of drug-likeness (QED) is 0.229. The zero-order valence-corrected chi connectivity index (χ0v) is 19.3. The van der Waals surface area contributed by atoms with Crippen molar-refractivity contribution in [2.45, 2.75) is 27.7 Å². The largest absolute Gasteiger partial charge is 0.480 e. The normalized spacial score (nSPS) is 11.0. The van der Waals surface area contributed by atoms with Crippen molar-refractivity contribution in [3.05, 3.63) is 0 Å². The maximum Gasteiger partial charge on any atom is 0.317 e. The summed E-state index contributed by atoms with van der Waals surface area (Å²) in [6.45, 7) is 10.9. The molecule has 0 aliphatic heterocycles. The van der Waals surface area contributed by atoms with Crippen molar-refractivity contribution in [3.8, 4) is 0 Å². The molecule has 0 heterocycles. The minimum absolute atomic E-state index is 0.0270. The zero-order chi connectivity index (χ0) is 23.8. The number of hydrogen-bond donors (Lipinski definition) is 3. The van der Waals surface area contributed by atoms with E-state index in [4.69, 9.17) is 10.2 Å². The third kappa shape index (κ3) is 12.9. The molecular formula is C20H39N5O6. The van der Waals surface area contributed by atoms with Gasteiger partial charge in [-0.05, 0) is 27.7 Å². The van der Waals surface area contributed by atoms with Crippen LogP contribution in [0.3, 0.4) is 0 Å². The Kier molecular flexibility index (Phi) is 15.3. The lowest BCUT2D eigenvalue weighted by Gasteiger charge is -2.26. The number of hydrogen-bond acceptors (Lipinski definition) is 7. The van der Waals surface area contributed by atoms with E-state index < -0.39 is 11.9 Å². The highest BCUT2D eigenvalue weighted by Crippen LogP contribution is 1.96. The molecule has 31 heavy (non-hydrogen) atoms. The van der Waals surface area contributed by atoms with E-state index in [0.29, 0.717) is 52.4 Å². The summed E-state index contributed by atoms with van der Waals surface area (Å²) < 4.78 is 0. The second-order valence-electron chi connectivity index (χ2n) is 7.09. The van der Waals surface area contributed by atoms with E-state index in [9.17, 15) is 19.2 Å². The second-order valence-corrected chi connectivity index (χ2v) is 7.09. The number of likely N-dealkylation sites (N-methyl/N-ethyl adjacent to an activating group) is 2. The highest BCUT2D eigenvalue weighted by molar-refractivity contribution is 5.79. The van der Waals surface area contributed by atoms with Crippen molar-refractivity contribution in [2.24, 2.45) is 0 Å². The summed E-state index contributed by atoms with van der Waals surface area (Å²) in [4.78, 5) is 53.2. The van der Waals surface area contributed by atoms with Crippen LogP contribution in [0.15, 0.2) is 0 Å². The van der Waals surface area contributed by atoms with Gasteiger partial charge in [0.15, 0.2) is 0 Å².